The number of benzene rings is 1. The summed E-state index contributed by atoms with van der Waals surface area (Å²) in [5.74, 6) is 0.632. The summed E-state index contributed by atoms with van der Waals surface area (Å²) in [6.07, 6.45) is 0. The molecule has 0 radical (unpaired) electrons. The largest absolute Gasteiger partial charge is 0.494 e. The van der Waals surface area contributed by atoms with Crippen LogP contribution in [-0.2, 0) is 14.8 Å². The number of carbonyl (C=O) groups excluding carboxylic acids is 1. The summed E-state index contributed by atoms with van der Waals surface area (Å²) in [6, 6.07) is 6.23. The minimum Gasteiger partial charge on any atom is -0.494 e. The molecule has 1 aromatic rings. The Kier molecular flexibility index (Phi) is 6.80. The van der Waals surface area contributed by atoms with Crippen molar-refractivity contribution in [2.45, 2.75) is 31.7 Å². The molecule has 0 bridgehead atoms. The molecule has 0 saturated carbocycles. The minimum atomic E-state index is -3.52. The van der Waals surface area contributed by atoms with Gasteiger partial charge in [-0.1, -0.05) is 0 Å². The molecular weight excluding hydrogens is 342 g/mol. The average Bonchev–Trinajstić information content (AvgIpc) is 2.62. The van der Waals surface area contributed by atoms with Crippen molar-refractivity contribution in [3.63, 3.8) is 0 Å². The second-order valence-electron chi connectivity index (χ2n) is 5.92. The number of sulfonamides is 1. The lowest BCUT2D eigenvalue weighted by atomic mass is 10.2. The lowest BCUT2D eigenvalue weighted by Crippen LogP contribution is -2.54. The van der Waals surface area contributed by atoms with Crippen molar-refractivity contribution in [3.8, 4) is 5.75 Å². The van der Waals surface area contributed by atoms with E-state index in [0.29, 0.717) is 45.1 Å². The van der Waals surface area contributed by atoms with Gasteiger partial charge >= 0.3 is 0 Å². The van der Waals surface area contributed by atoms with Crippen LogP contribution in [-0.4, -0.2) is 68.9 Å². The normalized spacial score (nSPS) is 17.9. The predicted octanol–water partition coefficient (Wildman–Crippen LogP) is 0.916. The molecular formula is C17H27N3O4S. The van der Waals surface area contributed by atoms with Gasteiger partial charge in [0.05, 0.1) is 17.5 Å². The molecule has 0 unspecified atom stereocenters. The molecule has 1 amide bonds. The number of rotatable bonds is 7. The number of amides is 1. The van der Waals surface area contributed by atoms with E-state index in [9.17, 15) is 13.2 Å². The summed E-state index contributed by atoms with van der Waals surface area (Å²) in [4.78, 5) is 14.2. The molecule has 1 aliphatic heterocycles. The quantitative estimate of drug-likeness (QED) is 0.773. The first kappa shape index (κ1) is 19.7. The highest BCUT2D eigenvalue weighted by Gasteiger charge is 2.31. The highest BCUT2D eigenvalue weighted by molar-refractivity contribution is 7.89. The maximum atomic E-state index is 12.8. The summed E-state index contributed by atoms with van der Waals surface area (Å²) in [6.45, 7) is 8.56. The fourth-order valence-electron chi connectivity index (χ4n) is 2.84. The second-order valence-corrected chi connectivity index (χ2v) is 7.85. The molecule has 25 heavy (non-hydrogen) atoms. The maximum Gasteiger partial charge on any atom is 0.243 e. The Labute approximate surface area is 150 Å². The Bertz CT molecular complexity index is 668. The van der Waals surface area contributed by atoms with Gasteiger partial charge in [-0.05, 0) is 45.0 Å². The van der Waals surface area contributed by atoms with Gasteiger partial charge in [0.1, 0.15) is 5.75 Å². The summed E-state index contributed by atoms with van der Waals surface area (Å²) >= 11 is 0. The fraction of sp³-hybridized carbons (Fsp3) is 0.588. The average molecular weight is 369 g/mol. The van der Waals surface area contributed by atoms with E-state index < -0.39 is 10.0 Å². The molecule has 1 fully saturated rings. The third-order valence-corrected chi connectivity index (χ3v) is 6.24. The van der Waals surface area contributed by atoms with Gasteiger partial charge in [0.15, 0.2) is 0 Å². The third kappa shape index (κ3) is 4.71. The first-order valence-corrected chi connectivity index (χ1v) is 10.1. The molecule has 1 saturated heterocycles. The van der Waals surface area contributed by atoms with E-state index >= 15 is 0 Å². The molecule has 1 heterocycles. The highest BCUT2D eigenvalue weighted by atomic mass is 32.2. The molecule has 0 spiro atoms. The topological polar surface area (TPSA) is 79.0 Å². The van der Waals surface area contributed by atoms with Gasteiger partial charge in [-0.3, -0.25) is 9.69 Å². The number of nitrogens with one attached hydrogen (secondary N) is 1. The first-order chi connectivity index (χ1) is 11.9. The van der Waals surface area contributed by atoms with E-state index in [1.165, 1.54) is 4.31 Å². The van der Waals surface area contributed by atoms with Crippen molar-refractivity contribution in [1.82, 2.24) is 14.5 Å². The van der Waals surface area contributed by atoms with Gasteiger partial charge in [0.2, 0.25) is 15.9 Å². The zero-order chi connectivity index (χ0) is 18.4. The van der Waals surface area contributed by atoms with Crippen molar-refractivity contribution in [2.24, 2.45) is 0 Å². The minimum absolute atomic E-state index is 0.0229. The van der Waals surface area contributed by atoms with Crippen molar-refractivity contribution in [3.05, 3.63) is 24.3 Å². The van der Waals surface area contributed by atoms with E-state index in [4.69, 9.17) is 4.74 Å². The third-order valence-electron chi connectivity index (χ3n) is 4.32. The molecule has 8 heteroatoms. The van der Waals surface area contributed by atoms with Crippen LogP contribution in [0.2, 0.25) is 0 Å². The SMILES string of the molecule is CCNC(=O)[C@H](C)N1CCN(S(=O)(=O)c2ccc(OCC)cc2)CC1. The molecule has 140 valence electrons. The van der Waals surface area contributed by atoms with Crippen LogP contribution < -0.4 is 10.1 Å². The van der Waals surface area contributed by atoms with E-state index in [-0.39, 0.29) is 16.8 Å². The first-order valence-electron chi connectivity index (χ1n) is 8.65. The number of hydrogen-bond acceptors (Lipinski definition) is 5. The maximum absolute atomic E-state index is 12.8. The Balaban J connectivity index is 2.00. The zero-order valence-corrected chi connectivity index (χ0v) is 15.9. The summed E-state index contributed by atoms with van der Waals surface area (Å²) in [5, 5.41) is 2.80. The lowest BCUT2D eigenvalue weighted by Gasteiger charge is -2.36. The molecule has 1 aromatic carbocycles. The van der Waals surface area contributed by atoms with Crippen LogP contribution in [0.1, 0.15) is 20.8 Å². The van der Waals surface area contributed by atoms with Crippen LogP contribution in [0.3, 0.4) is 0 Å². The number of hydrogen-bond donors (Lipinski definition) is 1. The lowest BCUT2D eigenvalue weighted by molar-refractivity contribution is -0.126. The standard InChI is InChI=1S/C17H27N3O4S/c1-4-18-17(21)14(3)19-10-12-20(13-11-19)25(22,23)16-8-6-15(7-9-16)24-5-2/h6-9,14H,4-5,10-13H2,1-3H3,(H,18,21)/t14-/m0/s1. The Hall–Kier alpha value is -1.64. The highest BCUT2D eigenvalue weighted by Crippen LogP contribution is 2.21. The van der Waals surface area contributed by atoms with Gasteiger partial charge in [-0.2, -0.15) is 4.31 Å². The van der Waals surface area contributed by atoms with Crippen LogP contribution in [0.5, 0.6) is 5.75 Å². The number of piperazine rings is 1. The van der Waals surface area contributed by atoms with E-state index in [0.717, 1.165) is 0 Å². The number of carbonyl (C=O) groups is 1. The van der Waals surface area contributed by atoms with Crippen molar-refractivity contribution < 1.29 is 17.9 Å². The predicted molar refractivity (Wildman–Crippen MR) is 96.1 cm³/mol. The van der Waals surface area contributed by atoms with Gasteiger partial charge in [0, 0.05) is 32.7 Å². The molecule has 1 N–H and O–H groups in total. The molecule has 0 aromatic heterocycles. The Morgan fingerprint density at radius 1 is 1.16 bits per heavy atom. The molecule has 1 atom stereocenters. The number of ether oxygens (including phenoxy) is 1. The smallest absolute Gasteiger partial charge is 0.243 e. The van der Waals surface area contributed by atoms with Crippen LogP contribution in [0.25, 0.3) is 0 Å². The summed E-state index contributed by atoms with van der Waals surface area (Å²) in [5.41, 5.74) is 0. The van der Waals surface area contributed by atoms with Crippen LogP contribution in [0, 0.1) is 0 Å². The molecule has 2 rings (SSSR count). The fourth-order valence-corrected chi connectivity index (χ4v) is 4.26. The number of nitrogens with zero attached hydrogens (tertiary/aromatic N) is 2. The summed E-state index contributed by atoms with van der Waals surface area (Å²) in [7, 11) is -3.52. The van der Waals surface area contributed by atoms with E-state index in [2.05, 4.69) is 5.32 Å². The molecule has 0 aliphatic carbocycles. The summed E-state index contributed by atoms with van der Waals surface area (Å²) < 4.78 is 32.3. The Morgan fingerprint density at radius 2 is 1.76 bits per heavy atom. The van der Waals surface area contributed by atoms with Gasteiger partial charge < -0.3 is 10.1 Å². The molecule has 7 nitrogen and oxygen atoms in total. The van der Waals surface area contributed by atoms with Gasteiger partial charge in [-0.25, -0.2) is 8.42 Å². The molecule has 1 aliphatic rings. The van der Waals surface area contributed by atoms with Crippen molar-refractivity contribution in [2.75, 3.05) is 39.3 Å². The van der Waals surface area contributed by atoms with Crippen molar-refractivity contribution in [1.29, 1.82) is 0 Å². The second kappa shape index (κ2) is 8.64. The van der Waals surface area contributed by atoms with Gasteiger partial charge in [-0.15, -0.1) is 0 Å². The van der Waals surface area contributed by atoms with Gasteiger partial charge in [0.25, 0.3) is 0 Å². The van der Waals surface area contributed by atoms with Crippen LogP contribution >= 0.6 is 0 Å². The monoisotopic (exact) mass is 369 g/mol. The van der Waals surface area contributed by atoms with E-state index in [1.54, 1.807) is 24.3 Å². The number of likely N-dealkylation sites (N-methyl/N-ethyl adjacent to an activating group) is 1. The Morgan fingerprint density at radius 3 is 2.28 bits per heavy atom. The zero-order valence-electron chi connectivity index (χ0n) is 15.1. The van der Waals surface area contributed by atoms with E-state index in [1.807, 2.05) is 25.7 Å². The van der Waals surface area contributed by atoms with Crippen LogP contribution in [0.15, 0.2) is 29.2 Å². The van der Waals surface area contributed by atoms with Crippen LogP contribution in [0.4, 0.5) is 0 Å². The van der Waals surface area contributed by atoms with Crippen molar-refractivity contribution >= 4 is 15.9 Å².